The summed E-state index contributed by atoms with van der Waals surface area (Å²) in [7, 11) is -3.68. The maximum absolute atomic E-state index is 12.8. The molecule has 0 unspecified atom stereocenters. The number of carbonyl (C=O) groups is 2. The van der Waals surface area contributed by atoms with Crippen molar-refractivity contribution < 1.29 is 18.0 Å². The Morgan fingerprint density at radius 3 is 2.52 bits per heavy atom. The zero-order valence-corrected chi connectivity index (χ0v) is 16.2. The van der Waals surface area contributed by atoms with E-state index >= 15 is 0 Å². The Balaban J connectivity index is 1.49. The Hall–Kier alpha value is -2.23. The molecule has 2 saturated heterocycles. The predicted molar refractivity (Wildman–Crippen MR) is 101 cm³/mol. The highest BCUT2D eigenvalue weighted by molar-refractivity contribution is 7.89. The van der Waals surface area contributed by atoms with Crippen molar-refractivity contribution in [3.05, 3.63) is 52.7 Å². The summed E-state index contributed by atoms with van der Waals surface area (Å²) in [5.74, 6) is -0.315. The van der Waals surface area contributed by atoms with E-state index in [0.717, 1.165) is 4.88 Å². The van der Waals surface area contributed by atoms with Crippen LogP contribution in [0.4, 0.5) is 4.79 Å². The molecule has 27 heavy (non-hydrogen) atoms. The van der Waals surface area contributed by atoms with Crippen LogP contribution in [0.5, 0.6) is 0 Å². The lowest BCUT2D eigenvalue weighted by atomic mass is 10.2. The van der Waals surface area contributed by atoms with E-state index in [1.165, 1.54) is 26.2 Å². The molecule has 0 radical (unpaired) electrons. The van der Waals surface area contributed by atoms with Gasteiger partial charge in [0.25, 0.3) is 5.91 Å². The van der Waals surface area contributed by atoms with E-state index < -0.39 is 16.1 Å². The molecule has 0 aliphatic carbocycles. The van der Waals surface area contributed by atoms with E-state index in [1.54, 1.807) is 29.5 Å². The fourth-order valence-electron chi connectivity index (χ4n) is 3.47. The second-order valence-electron chi connectivity index (χ2n) is 6.49. The molecule has 1 aromatic heterocycles. The highest BCUT2D eigenvalue weighted by atomic mass is 32.2. The van der Waals surface area contributed by atoms with Gasteiger partial charge in [0, 0.05) is 31.1 Å². The van der Waals surface area contributed by atoms with E-state index in [1.807, 2.05) is 17.5 Å². The zero-order valence-electron chi connectivity index (χ0n) is 14.5. The summed E-state index contributed by atoms with van der Waals surface area (Å²) in [6.07, 6.45) is 0.613. The first-order valence-electron chi connectivity index (χ1n) is 8.68. The number of piperazine rings is 1. The molecule has 9 heteroatoms. The fraction of sp³-hybridized carbons (Fsp3) is 0.333. The van der Waals surface area contributed by atoms with Gasteiger partial charge in [0.05, 0.1) is 4.90 Å². The normalized spacial score (nSPS) is 21.0. The summed E-state index contributed by atoms with van der Waals surface area (Å²) >= 11 is 1.59. The number of thiophene rings is 1. The minimum absolute atomic E-state index is 0.00268. The molecule has 142 valence electrons. The van der Waals surface area contributed by atoms with Crippen LogP contribution in [0.25, 0.3) is 0 Å². The number of carbonyl (C=O) groups excluding carboxylic acids is 2. The minimum atomic E-state index is -3.68. The Bertz CT molecular complexity index is 944. The summed E-state index contributed by atoms with van der Waals surface area (Å²) in [6.45, 7) is 0.718. The van der Waals surface area contributed by atoms with Crippen LogP contribution in [-0.2, 0) is 21.2 Å². The average molecular weight is 406 g/mol. The number of fused-ring (bicyclic) bond motifs is 1. The first-order chi connectivity index (χ1) is 13.0. The molecule has 7 nitrogen and oxygen atoms in total. The Kier molecular flexibility index (Phi) is 4.75. The van der Waals surface area contributed by atoms with Gasteiger partial charge in [-0.25, -0.2) is 13.2 Å². The van der Waals surface area contributed by atoms with Crippen LogP contribution in [0.1, 0.15) is 4.88 Å². The number of sulfonamides is 1. The lowest BCUT2D eigenvalue weighted by Crippen LogP contribution is -2.54. The van der Waals surface area contributed by atoms with Crippen molar-refractivity contribution in [1.29, 1.82) is 0 Å². The predicted octanol–water partition coefficient (Wildman–Crippen LogP) is 1.63. The van der Waals surface area contributed by atoms with Crippen molar-refractivity contribution in [1.82, 2.24) is 14.1 Å². The first-order valence-corrected chi connectivity index (χ1v) is 11.0. The summed E-state index contributed by atoms with van der Waals surface area (Å²) in [6, 6.07) is 11.0. The van der Waals surface area contributed by atoms with Crippen LogP contribution in [0, 0.1) is 0 Å². The van der Waals surface area contributed by atoms with Crippen molar-refractivity contribution in [3.63, 3.8) is 0 Å². The van der Waals surface area contributed by atoms with Crippen LogP contribution in [0.3, 0.4) is 0 Å². The summed E-state index contributed by atoms with van der Waals surface area (Å²) < 4.78 is 27.0. The highest BCUT2D eigenvalue weighted by Crippen LogP contribution is 2.26. The second kappa shape index (κ2) is 7.06. The summed E-state index contributed by atoms with van der Waals surface area (Å²) in [5, 5.41) is 1.96. The van der Waals surface area contributed by atoms with E-state index in [-0.39, 0.29) is 36.5 Å². The lowest BCUT2D eigenvalue weighted by Gasteiger charge is -2.34. The second-order valence-corrected chi connectivity index (χ2v) is 9.46. The largest absolute Gasteiger partial charge is 0.327 e. The molecule has 3 heterocycles. The molecule has 3 amide bonds. The molecule has 2 aromatic rings. The number of hydrogen-bond acceptors (Lipinski definition) is 5. The molecule has 0 N–H and O–H groups in total. The number of benzene rings is 1. The van der Waals surface area contributed by atoms with Gasteiger partial charge in [0.15, 0.2) is 0 Å². The molecule has 1 aromatic carbocycles. The molecule has 2 aliphatic rings. The van der Waals surface area contributed by atoms with Gasteiger partial charge in [-0.2, -0.15) is 4.31 Å². The molecule has 0 bridgehead atoms. The number of imide groups is 1. The standard InChI is InChI=1S/C18H19N3O4S2/c22-17-16-13-19(27(24,25)15-6-2-1-3-7-15)10-11-20(16)18(23)21(17)9-8-14-5-4-12-26-14/h1-7,12,16H,8-11,13H2/t16-/m1/s1. The Labute approximate surface area is 161 Å². The van der Waals surface area contributed by atoms with E-state index in [4.69, 9.17) is 0 Å². The SMILES string of the molecule is O=C1[C@H]2CN(S(=O)(=O)c3ccccc3)CCN2C(=O)N1CCc1cccs1. The van der Waals surface area contributed by atoms with Crippen molar-refractivity contribution in [2.45, 2.75) is 17.4 Å². The Morgan fingerprint density at radius 2 is 1.81 bits per heavy atom. The van der Waals surface area contributed by atoms with Crippen LogP contribution < -0.4 is 0 Å². The van der Waals surface area contributed by atoms with Gasteiger partial charge < -0.3 is 4.90 Å². The van der Waals surface area contributed by atoms with Crippen molar-refractivity contribution in [2.75, 3.05) is 26.2 Å². The topological polar surface area (TPSA) is 78.0 Å². The fourth-order valence-corrected chi connectivity index (χ4v) is 5.63. The summed E-state index contributed by atoms with van der Waals surface area (Å²) in [4.78, 5) is 29.4. The third-order valence-electron chi connectivity index (χ3n) is 4.91. The van der Waals surface area contributed by atoms with Gasteiger partial charge in [-0.15, -0.1) is 11.3 Å². The van der Waals surface area contributed by atoms with Gasteiger partial charge in [0.1, 0.15) is 6.04 Å². The maximum atomic E-state index is 12.8. The number of nitrogens with zero attached hydrogens (tertiary/aromatic N) is 3. The molecular formula is C18H19N3O4S2. The van der Waals surface area contributed by atoms with Gasteiger partial charge in [0.2, 0.25) is 10.0 Å². The lowest BCUT2D eigenvalue weighted by molar-refractivity contribution is -0.128. The third kappa shape index (κ3) is 3.26. The smallest absolute Gasteiger partial charge is 0.310 e. The first kappa shape index (κ1) is 18.1. The average Bonchev–Trinajstić information content (AvgIpc) is 3.28. The molecular weight excluding hydrogens is 386 g/mol. The Morgan fingerprint density at radius 1 is 1.04 bits per heavy atom. The van der Waals surface area contributed by atoms with Gasteiger partial charge in [-0.1, -0.05) is 24.3 Å². The number of amides is 3. The quantitative estimate of drug-likeness (QED) is 0.709. The van der Waals surface area contributed by atoms with E-state index in [9.17, 15) is 18.0 Å². The number of hydrogen-bond donors (Lipinski definition) is 0. The van der Waals surface area contributed by atoms with Crippen LogP contribution in [0.15, 0.2) is 52.7 Å². The molecule has 2 aliphatic heterocycles. The van der Waals surface area contributed by atoms with E-state index in [2.05, 4.69) is 0 Å². The molecule has 0 spiro atoms. The van der Waals surface area contributed by atoms with Gasteiger partial charge in [-0.3, -0.25) is 9.69 Å². The van der Waals surface area contributed by atoms with Crippen LogP contribution >= 0.6 is 11.3 Å². The van der Waals surface area contributed by atoms with Crippen molar-refractivity contribution >= 4 is 33.3 Å². The van der Waals surface area contributed by atoms with Crippen molar-refractivity contribution in [3.8, 4) is 0 Å². The van der Waals surface area contributed by atoms with Gasteiger partial charge in [-0.05, 0) is 30.0 Å². The zero-order chi connectivity index (χ0) is 19.0. The number of rotatable bonds is 5. The molecule has 4 rings (SSSR count). The molecule has 0 saturated carbocycles. The van der Waals surface area contributed by atoms with Crippen LogP contribution in [-0.4, -0.2) is 66.7 Å². The van der Waals surface area contributed by atoms with Crippen LogP contribution in [0.2, 0.25) is 0 Å². The van der Waals surface area contributed by atoms with Gasteiger partial charge >= 0.3 is 6.03 Å². The molecule has 2 fully saturated rings. The molecule has 1 atom stereocenters. The summed E-state index contributed by atoms with van der Waals surface area (Å²) in [5.41, 5.74) is 0. The monoisotopic (exact) mass is 405 g/mol. The highest BCUT2D eigenvalue weighted by Gasteiger charge is 2.49. The van der Waals surface area contributed by atoms with Crippen molar-refractivity contribution in [2.24, 2.45) is 0 Å². The van der Waals surface area contributed by atoms with E-state index in [0.29, 0.717) is 13.0 Å². The maximum Gasteiger partial charge on any atom is 0.327 e. The third-order valence-corrected chi connectivity index (χ3v) is 7.73. The number of urea groups is 1. The minimum Gasteiger partial charge on any atom is -0.310 e.